The fourth-order valence-electron chi connectivity index (χ4n) is 3.16. The number of guanidine groups is 1. The van der Waals surface area contributed by atoms with Gasteiger partial charge in [-0.25, -0.2) is 0 Å². The Morgan fingerprint density at radius 2 is 2.07 bits per heavy atom. The van der Waals surface area contributed by atoms with Gasteiger partial charge in [-0.05, 0) is 44.0 Å². The first-order valence-corrected chi connectivity index (χ1v) is 9.73. The first-order valence-electron chi connectivity index (χ1n) is 9.35. The molecule has 0 spiro atoms. The van der Waals surface area contributed by atoms with Gasteiger partial charge in [-0.1, -0.05) is 16.8 Å². The van der Waals surface area contributed by atoms with E-state index >= 15 is 0 Å². The molecule has 1 aliphatic rings. The SMILES string of the molecule is CCOC1CCN(C(=NC)NCCc2nc(-c3ccc(Cl)cc3)no2)CC1. The zero-order valence-corrected chi connectivity index (χ0v) is 16.6. The van der Waals surface area contributed by atoms with E-state index in [1.807, 2.05) is 38.2 Å². The number of halogens is 1. The summed E-state index contributed by atoms with van der Waals surface area (Å²) in [6.07, 6.45) is 3.06. The molecule has 8 heteroatoms. The molecule has 1 aromatic carbocycles. The number of benzene rings is 1. The van der Waals surface area contributed by atoms with Gasteiger partial charge >= 0.3 is 0 Å². The highest BCUT2D eigenvalue weighted by molar-refractivity contribution is 6.30. The summed E-state index contributed by atoms with van der Waals surface area (Å²) in [5, 5.41) is 8.10. The van der Waals surface area contributed by atoms with Crippen molar-refractivity contribution in [1.82, 2.24) is 20.4 Å². The summed E-state index contributed by atoms with van der Waals surface area (Å²) in [7, 11) is 1.81. The van der Waals surface area contributed by atoms with E-state index in [-0.39, 0.29) is 0 Å². The van der Waals surface area contributed by atoms with Crippen LogP contribution < -0.4 is 5.32 Å². The smallest absolute Gasteiger partial charge is 0.228 e. The van der Waals surface area contributed by atoms with Crippen LogP contribution >= 0.6 is 11.6 Å². The number of hydrogen-bond acceptors (Lipinski definition) is 5. The van der Waals surface area contributed by atoms with E-state index in [4.69, 9.17) is 20.9 Å². The number of aromatic nitrogens is 2. The molecule has 2 aromatic rings. The molecule has 0 saturated carbocycles. The lowest BCUT2D eigenvalue weighted by molar-refractivity contribution is 0.0264. The van der Waals surface area contributed by atoms with Crippen LogP contribution in [-0.2, 0) is 11.2 Å². The van der Waals surface area contributed by atoms with Crippen LogP contribution in [0.4, 0.5) is 0 Å². The second-order valence-electron chi connectivity index (χ2n) is 6.38. The Morgan fingerprint density at radius 3 is 2.74 bits per heavy atom. The van der Waals surface area contributed by atoms with Crippen molar-refractivity contribution in [2.75, 3.05) is 33.3 Å². The molecule has 2 heterocycles. The van der Waals surface area contributed by atoms with E-state index in [1.54, 1.807) is 0 Å². The maximum Gasteiger partial charge on any atom is 0.228 e. The monoisotopic (exact) mass is 391 g/mol. The fourth-order valence-corrected chi connectivity index (χ4v) is 3.28. The first kappa shape index (κ1) is 19.6. The average Bonchev–Trinajstić information content (AvgIpc) is 3.16. The molecule has 1 aromatic heterocycles. The van der Waals surface area contributed by atoms with Crippen molar-refractivity contribution in [3.05, 3.63) is 35.2 Å². The predicted molar refractivity (Wildman–Crippen MR) is 106 cm³/mol. The summed E-state index contributed by atoms with van der Waals surface area (Å²) < 4.78 is 11.1. The number of nitrogens with zero attached hydrogens (tertiary/aromatic N) is 4. The third-order valence-electron chi connectivity index (χ3n) is 4.55. The number of likely N-dealkylation sites (tertiary alicyclic amines) is 1. The van der Waals surface area contributed by atoms with E-state index in [0.29, 0.717) is 35.8 Å². The van der Waals surface area contributed by atoms with Crippen LogP contribution in [0.1, 0.15) is 25.7 Å². The van der Waals surface area contributed by atoms with Crippen molar-refractivity contribution in [1.29, 1.82) is 0 Å². The molecule has 0 bridgehead atoms. The van der Waals surface area contributed by atoms with Crippen molar-refractivity contribution in [2.24, 2.45) is 4.99 Å². The van der Waals surface area contributed by atoms with Crippen molar-refractivity contribution in [3.63, 3.8) is 0 Å². The van der Waals surface area contributed by atoms with Crippen LogP contribution in [-0.4, -0.2) is 60.4 Å². The minimum absolute atomic E-state index is 0.369. The lowest BCUT2D eigenvalue weighted by Gasteiger charge is -2.34. The standard InChI is InChI=1S/C19H26ClN5O2/c1-3-26-16-9-12-25(13-10-16)19(21-2)22-11-8-17-23-18(24-27-17)14-4-6-15(20)7-5-14/h4-7,16H,3,8-13H2,1-2H3,(H,21,22). The van der Waals surface area contributed by atoms with E-state index in [1.165, 1.54) is 0 Å². The molecule has 1 fully saturated rings. The zero-order valence-electron chi connectivity index (χ0n) is 15.8. The van der Waals surface area contributed by atoms with Crippen molar-refractivity contribution < 1.29 is 9.26 Å². The largest absolute Gasteiger partial charge is 0.378 e. The molecular formula is C19H26ClN5O2. The summed E-state index contributed by atoms with van der Waals surface area (Å²) in [6.45, 7) is 5.40. The Bertz CT molecular complexity index is 739. The molecule has 0 amide bonds. The number of aliphatic imine (C=N–C) groups is 1. The van der Waals surface area contributed by atoms with Gasteiger partial charge in [0.15, 0.2) is 5.96 Å². The molecule has 146 valence electrons. The third kappa shape index (κ3) is 5.43. The normalized spacial score (nSPS) is 16.0. The van der Waals surface area contributed by atoms with Gasteiger partial charge in [-0.3, -0.25) is 4.99 Å². The molecule has 1 N–H and O–H groups in total. The van der Waals surface area contributed by atoms with Gasteiger partial charge in [0, 0.05) is 50.3 Å². The number of piperidine rings is 1. The van der Waals surface area contributed by atoms with Crippen molar-refractivity contribution >= 4 is 17.6 Å². The lowest BCUT2D eigenvalue weighted by atomic mass is 10.1. The van der Waals surface area contributed by atoms with Gasteiger partial charge < -0.3 is 19.5 Å². The highest BCUT2D eigenvalue weighted by Crippen LogP contribution is 2.18. The van der Waals surface area contributed by atoms with Crippen LogP contribution in [0, 0.1) is 0 Å². The van der Waals surface area contributed by atoms with Crippen LogP contribution in [0.15, 0.2) is 33.8 Å². The molecule has 1 aliphatic heterocycles. The molecule has 0 unspecified atom stereocenters. The maximum absolute atomic E-state index is 5.91. The summed E-state index contributed by atoms with van der Waals surface area (Å²) in [4.78, 5) is 11.1. The fraction of sp³-hybridized carbons (Fsp3) is 0.526. The van der Waals surface area contributed by atoms with Gasteiger partial charge in [0.05, 0.1) is 6.10 Å². The minimum Gasteiger partial charge on any atom is -0.378 e. The van der Waals surface area contributed by atoms with E-state index < -0.39 is 0 Å². The Balaban J connectivity index is 1.47. The Hall–Kier alpha value is -2.12. The molecule has 0 atom stereocenters. The second kappa shape index (κ2) is 9.71. The van der Waals surface area contributed by atoms with E-state index in [0.717, 1.165) is 44.1 Å². The van der Waals surface area contributed by atoms with Gasteiger partial charge in [-0.2, -0.15) is 4.98 Å². The van der Waals surface area contributed by atoms with E-state index in [9.17, 15) is 0 Å². The van der Waals surface area contributed by atoms with Gasteiger partial charge in [0.1, 0.15) is 0 Å². The highest BCUT2D eigenvalue weighted by Gasteiger charge is 2.21. The number of ether oxygens (including phenoxy) is 1. The summed E-state index contributed by atoms with van der Waals surface area (Å²) in [6, 6.07) is 7.38. The van der Waals surface area contributed by atoms with Crippen molar-refractivity contribution in [3.8, 4) is 11.4 Å². The van der Waals surface area contributed by atoms with Gasteiger partial charge in [-0.15, -0.1) is 0 Å². The van der Waals surface area contributed by atoms with Crippen LogP contribution in [0.5, 0.6) is 0 Å². The highest BCUT2D eigenvalue weighted by atomic mass is 35.5. The predicted octanol–water partition coefficient (Wildman–Crippen LogP) is 3.01. The van der Waals surface area contributed by atoms with Crippen molar-refractivity contribution in [2.45, 2.75) is 32.3 Å². The number of nitrogens with one attached hydrogen (secondary N) is 1. The molecule has 1 saturated heterocycles. The summed E-state index contributed by atoms with van der Waals surface area (Å²) in [5.41, 5.74) is 0.885. The summed E-state index contributed by atoms with van der Waals surface area (Å²) in [5.74, 6) is 2.07. The van der Waals surface area contributed by atoms with Crippen LogP contribution in [0.25, 0.3) is 11.4 Å². The first-order chi connectivity index (χ1) is 13.2. The third-order valence-corrected chi connectivity index (χ3v) is 4.80. The number of hydrogen-bond donors (Lipinski definition) is 1. The molecule has 3 rings (SSSR count). The van der Waals surface area contributed by atoms with Crippen LogP contribution in [0.2, 0.25) is 5.02 Å². The topological polar surface area (TPSA) is 75.8 Å². The molecule has 0 aliphatic carbocycles. The van der Waals surface area contributed by atoms with Crippen LogP contribution in [0.3, 0.4) is 0 Å². The Morgan fingerprint density at radius 1 is 1.33 bits per heavy atom. The Labute approximate surface area is 164 Å². The average molecular weight is 392 g/mol. The maximum atomic E-state index is 5.91. The Kier molecular flexibility index (Phi) is 7.06. The molecule has 0 radical (unpaired) electrons. The zero-order chi connectivity index (χ0) is 19.1. The molecule has 27 heavy (non-hydrogen) atoms. The quantitative estimate of drug-likeness (QED) is 0.602. The second-order valence-corrected chi connectivity index (χ2v) is 6.82. The minimum atomic E-state index is 0.369. The lowest BCUT2D eigenvalue weighted by Crippen LogP contribution is -2.47. The number of rotatable bonds is 6. The van der Waals surface area contributed by atoms with Gasteiger partial charge in [0.2, 0.25) is 11.7 Å². The molecular weight excluding hydrogens is 366 g/mol. The van der Waals surface area contributed by atoms with E-state index in [2.05, 4.69) is 25.3 Å². The molecule has 7 nitrogen and oxygen atoms in total. The summed E-state index contributed by atoms with van der Waals surface area (Å²) >= 11 is 5.91. The van der Waals surface area contributed by atoms with Gasteiger partial charge in [0.25, 0.3) is 0 Å².